The lowest BCUT2D eigenvalue weighted by atomic mass is 10.1. The molecule has 2 aromatic rings. The largest absolute Gasteiger partial charge is 0.327 e. The van der Waals surface area contributed by atoms with Crippen molar-refractivity contribution in [3.8, 4) is 0 Å². The lowest BCUT2D eigenvalue weighted by Gasteiger charge is -2.21. The molecular formula is C17H20FNS. The molecule has 3 heteroatoms. The Labute approximate surface area is 124 Å². The Morgan fingerprint density at radius 2 is 1.85 bits per heavy atom. The van der Waals surface area contributed by atoms with Crippen LogP contribution in [0.25, 0.3) is 0 Å². The maximum Gasteiger partial charge on any atom is 0.123 e. The number of hydrogen-bond donors (Lipinski definition) is 1. The Bertz CT molecular complexity index is 551. The summed E-state index contributed by atoms with van der Waals surface area (Å²) in [7, 11) is 0. The molecule has 0 aromatic heterocycles. The third-order valence-corrected chi connectivity index (χ3v) is 4.75. The molecule has 106 valence electrons. The molecule has 0 bridgehead atoms. The molecule has 0 saturated heterocycles. The molecule has 2 rings (SSSR count). The van der Waals surface area contributed by atoms with Gasteiger partial charge in [0, 0.05) is 17.0 Å². The summed E-state index contributed by atoms with van der Waals surface area (Å²) < 4.78 is 13.0. The number of thioether (sulfide) groups is 1. The summed E-state index contributed by atoms with van der Waals surface area (Å²) in [6, 6.07) is 15.2. The second-order valence-electron chi connectivity index (χ2n) is 5.13. The van der Waals surface area contributed by atoms with Crippen molar-refractivity contribution in [2.75, 3.05) is 0 Å². The van der Waals surface area contributed by atoms with Crippen molar-refractivity contribution in [3.63, 3.8) is 0 Å². The smallest absolute Gasteiger partial charge is 0.123 e. The van der Waals surface area contributed by atoms with Gasteiger partial charge in [-0.2, -0.15) is 0 Å². The second-order valence-corrected chi connectivity index (χ2v) is 6.26. The number of nitrogens with two attached hydrogens (primary N) is 1. The number of rotatable bonds is 5. The zero-order valence-electron chi connectivity index (χ0n) is 11.8. The van der Waals surface area contributed by atoms with E-state index in [1.165, 1.54) is 23.3 Å². The Kier molecular flexibility index (Phi) is 5.21. The van der Waals surface area contributed by atoms with Gasteiger partial charge in [-0.25, -0.2) is 4.39 Å². The van der Waals surface area contributed by atoms with E-state index in [4.69, 9.17) is 5.73 Å². The van der Waals surface area contributed by atoms with Crippen LogP contribution in [0.2, 0.25) is 0 Å². The second kappa shape index (κ2) is 6.91. The van der Waals surface area contributed by atoms with E-state index < -0.39 is 0 Å². The van der Waals surface area contributed by atoms with Crippen LogP contribution in [-0.2, 0) is 5.75 Å². The molecule has 0 aliphatic heterocycles. The minimum absolute atomic E-state index is 0.0234. The molecule has 0 saturated carbocycles. The zero-order valence-corrected chi connectivity index (χ0v) is 12.7. The first-order chi connectivity index (χ1) is 9.56. The average molecular weight is 289 g/mol. The zero-order chi connectivity index (χ0) is 14.5. The van der Waals surface area contributed by atoms with Gasteiger partial charge in [-0.1, -0.05) is 42.0 Å². The van der Waals surface area contributed by atoms with E-state index in [9.17, 15) is 4.39 Å². The van der Waals surface area contributed by atoms with Crippen molar-refractivity contribution in [2.45, 2.75) is 30.9 Å². The molecule has 20 heavy (non-hydrogen) atoms. The highest BCUT2D eigenvalue weighted by molar-refractivity contribution is 7.98. The normalized spacial score (nSPS) is 14.0. The third kappa shape index (κ3) is 4.09. The summed E-state index contributed by atoms with van der Waals surface area (Å²) >= 11 is 1.80. The standard InChI is InChI=1S/C17H20FNS/c1-12-4-3-5-14(10-12)11-20-17(13(2)19)15-6-8-16(18)9-7-15/h3-10,13,17H,11,19H2,1-2H3. The van der Waals surface area contributed by atoms with Gasteiger partial charge in [0.25, 0.3) is 0 Å². The molecule has 2 atom stereocenters. The van der Waals surface area contributed by atoms with E-state index in [1.54, 1.807) is 11.8 Å². The molecular weight excluding hydrogens is 269 g/mol. The predicted octanol–water partition coefficient (Wildman–Crippen LogP) is 4.46. The van der Waals surface area contributed by atoms with Gasteiger partial charge in [-0.05, 0) is 37.1 Å². The number of aryl methyl sites for hydroxylation is 1. The summed E-state index contributed by atoms with van der Waals surface area (Å²) in [4.78, 5) is 0. The van der Waals surface area contributed by atoms with Crippen LogP contribution in [0.5, 0.6) is 0 Å². The van der Waals surface area contributed by atoms with E-state index in [-0.39, 0.29) is 17.1 Å². The van der Waals surface area contributed by atoms with Crippen molar-refractivity contribution < 1.29 is 4.39 Å². The van der Waals surface area contributed by atoms with Crippen molar-refractivity contribution in [2.24, 2.45) is 5.73 Å². The first-order valence-electron chi connectivity index (χ1n) is 6.74. The van der Waals surface area contributed by atoms with Gasteiger partial charge in [0.1, 0.15) is 5.82 Å². The summed E-state index contributed by atoms with van der Waals surface area (Å²) in [5.74, 6) is 0.700. The minimum atomic E-state index is -0.208. The minimum Gasteiger partial charge on any atom is -0.327 e. The molecule has 1 nitrogen and oxygen atoms in total. The van der Waals surface area contributed by atoms with Gasteiger partial charge in [-0.3, -0.25) is 0 Å². The van der Waals surface area contributed by atoms with Crippen molar-refractivity contribution in [3.05, 3.63) is 71.0 Å². The van der Waals surface area contributed by atoms with Crippen LogP contribution in [-0.4, -0.2) is 6.04 Å². The molecule has 0 radical (unpaired) electrons. The maximum absolute atomic E-state index is 13.0. The Balaban J connectivity index is 2.08. The van der Waals surface area contributed by atoms with Gasteiger partial charge in [0.05, 0.1) is 0 Å². The quantitative estimate of drug-likeness (QED) is 0.879. The highest BCUT2D eigenvalue weighted by atomic mass is 32.2. The summed E-state index contributed by atoms with van der Waals surface area (Å²) in [5.41, 5.74) is 9.73. The molecule has 0 aliphatic carbocycles. The summed E-state index contributed by atoms with van der Waals surface area (Å²) in [5, 5.41) is 0.177. The first kappa shape index (κ1) is 15.1. The van der Waals surface area contributed by atoms with Crippen molar-refractivity contribution >= 4 is 11.8 Å². The van der Waals surface area contributed by atoms with Crippen molar-refractivity contribution in [1.82, 2.24) is 0 Å². The third-order valence-electron chi connectivity index (χ3n) is 3.19. The number of hydrogen-bond acceptors (Lipinski definition) is 2. The fraction of sp³-hybridized carbons (Fsp3) is 0.294. The molecule has 0 amide bonds. The Morgan fingerprint density at radius 1 is 1.15 bits per heavy atom. The van der Waals surface area contributed by atoms with Crippen LogP contribution in [0.1, 0.15) is 28.9 Å². The fourth-order valence-electron chi connectivity index (χ4n) is 2.19. The van der Waals surface area contributed by atoms with Gasteiger partial charge in [0.2, 0.25) is 0 Å². The maximum atomic E-state index is 13.0. The molecule has 0 spiro atoms. The van der Waals surface area contributed by atoms with Crippen LogP contribution in [0.4, 0.5) is 4.39 Å². The number of benzene rings is 2. The van der Waals surface area contributed by atoms with E-state index in [1.807, 2.05) is 19.1 Å². The van der Waals surface area contributed by atoms with Crippen LogP contribution in [0, 0.1) is 12.7 Å². The highest BCUT2D eigenvalue weighted by Gasteiger charge is 2.16. The first-order valence-corrected chi connectivity index (χ1v) is 7.79. The van der Waals surface area contributed by atoms with E-state index in [0.717, 1.165) is 11.3 Å². The molecule has 2 unspecified atom stereocenters. The molecule has 0 fully saturated rings. The lowest BCUT2D eigenvalue weighted by Crippen LogP contribution is -2.22. The Hall–Kier alpha value is -1.32. The molecule has 2 N–H and O–H groups in total. The van der Waals surface area contributed by atoms with Gasteiger partial charge in [-0.15, -0.1) is 11.8 Å². The number of halogens is 1. The topological polar surface area (TPSA) is 26.0 Å². The lowest BCUT2D eigenvalue weighted by molar-refractivity contribution is 0.625. The summed E-state index contributed by atoms with van der Waals surface area (Å²) in [6.45, 7) is 4.09. The van der Waals surface area contributed by atoms with E-state index >= 15 is 0 Å². The molecule has 0 aliphatic rings. The van der Waals surface area contributed by atoms with Gasteiger partial charge in [0.15, 0.2) is 0 Å². The van der Waals surface area contributed by atoms with Gasteiger partial charge < -0.3 is 5.73 Å². The van der Waals surface area contributed by atoms with Crippen LogP contribution >= 0.6 is 11.8 Å². The SMILES string of the molecule is Cc1cccc(CSC(c2ccc(F)cc2)C(C)N)c1. The molecule has 2 aromatic carbocycles. The fourth-order valence-corrected chi connectivity index (χ4v) is 3.40. The van der Waals surface area contributed by atoms with Crippen molar-refractivity contribution in [1.29, 1.82) is 0 Å². The summed E-state index contributed by atoms with van der Waals surface area (Å²) in [6.07, 6.45) is 0. The monoisotopic (exact) mass is 289 g/mol. The Morgan fingerprint density at radius 3 is 2.45 bits per heavy atom. The van der Waals surface area contributed by atoms with E-state index in [2.05, 4.69) is 31.2 Å². The van der Waals surface area contributed by atoms with Gasteiger partial charge >= 0.3 is 0 Å². The predicted molar refractivity (Wildman–Crippen MR) is 85.3 cm³/mol. The van der Waals surface area contributed by atoms with Crippen LogP contribution < -0.4 is 5.73 Å². The molecule has 0 heterocycles. The highest BCUT2D eigenvalue weighted by Crippen LogP contribution is 2.33. The van der Waals surface area contributed by atoms with Crippen LogP contribution in [0.3, 0.4) is 0 Å². The van der Waals surface area contributed by atoms with E-state index in [0.29, 0.717) is 0 Å². The average Bonchev–Trinajstić information content (AvgIpc) is 2.41. The van der Waals surface area contributed by atoms with Crippen LogP contribution in [0.15, 0.2) is 48.5 Å².